The van der Waals surface area contributed by atoms with Gasteiger partial charge in [-0.1, -0.05) is 6.07 Å². The molecular formula is C19H25NO6. The second-order valence-electron chi connectivity index (χ2n) is 7.65. The number of hydrogen-bond acceptors (Lipinski definition) is 6. The quantitative estimate of drug-likeness (QED) is 0.768. The third-order valence-corrected chi connectivity index (χ3v) is 4.27. The molecule has 142 valence electrons. The number of carbonyl (C=O) groups is 2. The first-order chi connectivity index (χ1) is 12.2. The maximum absolute atomic E-state index is 12.3. The van der Waals surface area contributed by atoms with Gasteiger partial charge in [0.1, 0.15) is 18.8 Å². The van der Waals surface area contributed by atoms with Gasteiger partial charge in [0.2, 0.25) is 5.91 Å². The molecule has 26 heavy (non-hydrogen) atoms. The van der Waals surface area contributed by atoms with Crippen LogP contribution in [-0.4, -0.2) is 48.4 Å². The minimum Gasteiger partial charge on any atom is -0.486 e. The Labute approximate surface area is 152 Å². The van der Waals surface area contributed by atoms with E-state index in [2.05, 4.69) is 5.32 Å². The van der Waals surface area contributed by atoms with Gasteiger partial charge in [0.15, 0.2) is 17.6 Å². The fraction of sp³-hybridized carbons (Fsp3) is 0.579. The average molecular weight is 363 g/mol. The summed E-state index contributed by atoms with van der Waals surface area (Å²) in [6, 6.07) is 5.73. The highest BCUT2D eigenvalue weighted by molar-refractivity contribution is 5.84. The van der Waals surface area contributed by atoms with E-state index in [-0.39, 0.29) is 24.3 Å². The number of aliphatic hydroxyl groups is 1. The lowest BCUT2D eigenvalue weighted by Crippen LogP contribution is -2.40. The summed E-state index contributed by atoms with van der Waals surface area (Å²) in [5.74, 6) is 0.472. The van der Waals surface area contributed by atoms with Gasteiger partial charge in [0.25, 0.3) is 0 Å². The topological polar surface area (TPSA) is 94.1 Å². The Kier molecular flexibility index (Phi) is 5.09. The molecular weight excluding hydrogens is 338 g/mol. The van der Waals surface area contributed by atoms with Gasteiger partial charge in [-0.25, -0.2) is 4.79 Å². The van der Waals surface area contributed by atoms with E-state index in [1.54, 1.807) is 20.8 Å². The fourth-order valence-corrected chi connectivity index (χ4v) is 2.93. The molecule has 7 nitrogen and oxygen atoms in total. The van der Waals surface area contributed by atoms with E-state index in [1.807, 2.05) is 18.2 Å². The van der Waals surface area contributed by atoms with Gasteiger partial charge in [0.05, 0.1) is 6.54 Å². The first kappa shape index (κ1) is 18.5. The number of aliphatic hydroxyl groups excluding tert-OH is 1. The maximum atomic E-state index is 12.3. The van der Waals surface area contributed by atoms with Crippen LogP contribution in [0, 0.1) is 5.92 Å². The number of hydrogen-bond donors (Lipinski definition) is 2. The Morgan fingerprint density at radius 1 is 1.27 bits per heavy atom. The Bertz CT molecular complexity index is 696. The predicted molar refractivity (Wildman–Crippen MR) is 93.1 cm³/mol. The van der Waals surface area contributed by atoms with Crippen molar-refractivity contribution >= 4 is 11.9 Å². The highest BCUT2D eigenvalue weighted by Crippen LogP contribution is 2.49. The Morgan fingerprint density at radius 3 is 2.65 bits per heavy atom. The van der Waals surface area contributed by atoms with Crippen molar-refractivity contribution in [2.45, 2.75) is 44.8 Å². The lowest BCUT2D eigenvalue weighted by atomic mass is 10.1. The van der Waals surface area contributed by atoms with Crippen molar-refractivity contribution in [2.75, 3.05) is 19.8 Å². The summed E-state index contributed by atoms with van der Waals surface area (Å²) in [4.78, 5) is 24.0. The minimum absolute atomic E-state index is 0.115. The van der Waals surface area contributed by atoms with E-state index in [9.17, 15) is 14.7 Å². The standard InChI is InChI=1S/C19H25NO6/c1-19(2,3)26-18(23)14(21)10-20-17(22)13-9-12(13)11-4-5-15-16(8-11)25-7-6-24-15/h4-5,8,12-14,21H,6-7,9-10H2,1-3H3,(H,20,22)/t12-,13+,14+/m0/s1. The number of carbonyl (C=O) groups excluding carboxylic acids is 2. The number of rotatable bonds is 5. The van der Waals surface area contributed by atoms with E-state index >= 15 is 0 Å². The van der Waals surface area contributed by atoms with Crippen LogP contribution in [0.2, 0.25) is 0 Å². The Hall–Kier alpha value is -2.28. The molecule has 3 atom stereocenters. The first-order valence-electron chi connectivity index (χ1n) is 8.83. The fourth-order valence-electron chi connectivity index (χ4n) is 2.93. The van der Waals surface area contributed by atoms with Crippen LogP contribution >= 0.6 is 0 Å². The molecule has 0 unspecified atom stereocenters. The molecule has 0 saturated heterocycles. The molecule has 1 aliphatic heterocycles. The van der Waals surface area contributed by atoms with Gasteiger partial charge in [-0.15, -0.1) is 0 Å². The van der Waals surface area contributed by atoms with Gasteiger partial charge in [0, 0.05) is 5.92 Å². The summed E-state index contributed by atoms with van der Waals surface area (Å²) in [5, 5.41) is 12.5. The molecule has 1 amide bonds. The van der Waals surface area contributed by atoms with Gasteiger partial charge in [-0.2, -0.15) is 0 Å². The lowest BCUT2D eigenvalue weighted by molar-refractivity contribution is -0.164. The van der Waals surface area contributed by atoms with Crippen LogP contribution in [0.5, 0.6) is 11.5 Å². The van der Waals surface area contributed by atoms with Crippen molar-refractivity contribution in [3.8, 4) is 11.5 Å². The van der Waals surface area contributed by atoms with Crippen molar-refractivity contribution in [1.29, 1.82) is 0 Å². The third-order valence-electron chi connectivity index (χ3n) is 4.27. The number of benzene rings is 1. The summed E-state index contributed by atoms with van der Waals surface area (Å²) < 4.78 is 16.2. The minimum atomic E-state index is -1.37. The zero-order valence-corrected chi connectivity index (χ0v) is 15.3. The molecule has 0 radical (unpaired) electrons. The molecule has 2 aliphatic rings. The predicted octanol–water partition coefficient (Wildman–Crippen LogP) is 1.38. The highest BCUT2D eigenvalue weighted by Gasteiger charge is 2.44. The average Bonchev–Trinajstić information content (AvgIpc) is 3.38. The number of amides is 1. The van der Waals surface area contributed by atoms with Crippen molar-refractivity contribution < 1.29 is 28.9 Å². The van der Waals surface area contributed by atoms with Crippen molar-refractivity contribution in [1.82, 2.24) is 5.32 Å². The largest absolute Gasteiger partial charge is 0.486 e. The molecule has 1 fully saturated rings. The van der Waals surface area contributed by atoms with Crippen LogP contribution in [0.1, 0.15) is 38.7 Å². The van der Waals surface area contributed by atoms with Crippen molar-refractivity contribution in [3.63, 3.8) is 0 Å². The summed E-state index contributed by atoms with van der Waals surface area (Å²) in [6.45, 7) is 6.07. The maximum Gasteiger partial charge on any atom is 0.337 e. The van der Waals surface area contributed by atoms with Crippen LogP contribution in [0.3, 0.4) is 0 Å². The molecule has 1 aliphatic carbocycles. The molecule has 1 aromatic carbocycles. The van der Waals surface area contributed by atoms with Crippen LogP contribution < -0.4 is 14.8 Å². The molecule has 2 N–H and O–H groups in total. The molecule has 1 saturated carbocycles. The molecule has 1 aromatic rings. The summed E-state index contributed by atoms with van der Waals surface area (Å²) in [5.41, 5.74) is 0.351. The van der Waals surface area contributed by atoms with Crippen LogP contribution in [0.15, 0.2) is 18.2 Å². The monoisotopic (exact) mass is 363 g/mol. The van der Waals surface area contributed by atoms with Crippen molar-refractivity contribution in [3.05, 3.63) is 23.8 Å². The number of fused-ring (bicyclic) bond motifs is 1. The normalized spacial score (nSPS) is 22.3. The first-order valence-corrected chi connectivity index (χ1v) is 8.83. The van der Waals surface area contributed by atoms with Crippen LogP contribution in [-0.2, 0) is 14.3 Å². The third kappa shape index (κ3) is 4.46. The Morgan fingerprint density at radius 2 is 1.96 bits per heavy atom. The zero-order valence-electron chi connectivity index (χ0n) is 15.3. The molecule has 3 rings (SSSR count). The van der Waals surface area contributed by atoms with E-state index in [0.717, 1.165) is 17.7 Å². The second-order valence-corrected chi connectivity index (χ2v) is 7.65. The number of ether oxygens (including phenoxy) is 3. The van der Waals surface area contributed by atoms with Gasteiger partial charge < -0.3 is 24.6 Å². The second kappa shape index (κ2) is 7.15. The van der Waals surface area contributed by atoms with E-state index < -0.39 is 17.7 Å². The number of esters is 1. The van der Waals surface area contributed by atoms with E-state index in [4.69, 9.17) is 14.2 Å². The van der Waals surface area contributed by atoms with E-state index in [0.29, 0.717) is 19.0 Å². The van der Waals surface area contributed by atoms with Gasteiger partial charge in [-0.3, -0.25) is 4.79 Å². The summed E-state index contributed by atoms with van der Waals surface area (Å²) in [7, 11) is 0. The van der Waals surface area contributed by atoms with Crippen LogP contribution in [0.25, 0.3) is 0 Å². The number of nitrogens with one attached hydrogen (secondary N) is 1. The Balaban J connectivity index is 1.49. The van der Waals surface area contributed by atoms with Gasteiger partial charge >= 0.3 is 5.97 Å². The van der Waals surface area contributed by atoms with Crippen molar-refractivity contribution in [2.24, 2.45) is 5.92 Å². The van der Waals surface area contributed by atoms with E-state index in [1.165, 1.54) is 0 Å². The van der Waals surface area contributed by atoms with Crippen LogP contribution in [0.4, 0.5) is 0 Å². The van der Waals surface area contributed by atoms with Gasteiger partial charge in [-0.05, 0) is 50.8 Å². The molecule has 0 bridgehead atoms. The zero-order chi connectivity index (χ0) is 18.9. The smallest absolute Gasteiger partial charge is 0.337 e. The lowest BCUT2D eigenvalue weighted by Gasteiger charge is -2.21. The summed E-state index contributed by atoms with van der Waals surface area (Å²) in [6.07, 6.45) is -0.641. The molecule has 1 heterocycles. The SMILES string of the molecule is CC(C)(C)OC(=O)[C@H](O)CNC(=O)[C@@H]1C[C@H]1c1ccc2c(c1)OCCO2. The molecule has 7 heteroatoms. The molecule has 0 aromatic heterocycles. The highest BCUT2D eigenvalue weighted by atomic mass is 16.6. The summed E-state index contributed by atoms with van der Waals surface area (Å²) >= 11 is 0. The molecule has 0 spiro atoms.